The van der Waals surface area contributed by atoms with E-state index in [4.69, 9.17) is 0 Å². The van der Waals surface area contributed by atoms with Crippen LogP contribution in [0.1, 0.15) is 61.3 Å². The lowest BCUT2D eigenvalue weighted by molar-refractivity contribution is -0.141. The zero-order valence-corrected chi connectivity index (χ0v) is 15.5. The van der Waals surface area contributed by atoms with Gasteiger partial charge in [-0.1, -0.05) is 13.8 Å². The van der Waals surface area contributed by atoms with Crippen molar-refractivity contribution >= 4 is 17.8 Å². The van der Waals surface area contributed by atoms with Crippen molar-refractivity contribution in [1.29, 1.82) is 0 Å². The first-order valence-electron chi connectivity index (χ1n) is 8.45. The van der Waals surface area contributed by atoms with E-state index in [1.54, 1.807) is 11.8 Å². The Balaban J connectivity index is 2.83. The molecule has 0 aliphatic carbocycles. The summed E-state index contributed by atoms with van der Waals surface area (Å²) in [6.07, 6.45) is 1.42. The first-order valence-corrected chi connectivity index (χ1v) is 8.45. The van der Waals surface area contributed by atoms with Crippen molar-refractivity contribution in [2.24, 2.45) is 5.92 Å². The number of imide groups is 1. The maximum Gasteiger partial charge on any atom is 0.325 e. The van der Waals surface area contributed by atoms with Crippen LogP contribution in [0.25, 0.3) is 0 Å². The van der Waals surface area contributed by atoms with Gasteiger partial charge in [-0.15, -0.1) is 0 Å². The molecule has 0 saturated carbocycles. The number of nitrogens with zero attached hydrogens (tertiary/aromatic N) is 2. The van der Waals surface area contributed by atoms with Gasteiger partial charge in [0.25, 0.3) is 5.91 Å². The molecule has 0 aromatic carbocycles. The molecule has 1 aliphatic heterocycles. The van der Waals surface area contributed by atoms with Gasteiger partial charge in [-0.05, 0) is 53.4 Å². The number of hydrogen-bond donors (Lipinski definition) is 1. The van der Waals surface area contributed by atoms with Gasteiger partial charge in [0.15, 0.2) is 0 Å². The molecule has 1 fully saturated rings. The highest BCUT2D eigenvalue weighted by atomic mass is 16.2. The lowest BCUT2D eigenvalue weighted by Crippen LogP contribution is -2.49. The number of carbonyl (C=O) groups excluding carboxylic acids is 3. The molecule has 6 nitrogen and oxygen atoms in total. The van der Waals surface area contributed by atoms with Gasteiger partial charge in [-0.2, -0.15) is 0 Å². The van der Waals surface area contributed by atoms with Crippen LogP contribution in [0.2, 0.25) is 0 Å². The summed E-state index contributed by atoms with van der Waals surface area (Å²) < 4.78 is 0. The van der Waals surface area contributed by atoms with Crippen LogP contribution in [-0.4, -0.2) is 51.8 Å². The summed E-state index contributed by atoms with van der Waals surface area (Å²) >= 11 is 0. The van der Waals surface area contributed by atoms with Crippen molar-refractivity contribution in [3.8, 4) is 0 Å². The fourth-order valence-corrected chi connectivity index (χ4v) is 3.03. The normalized spacial score (nSPS) is 21.6. The highest BCUT2D eigenvalue weighted by Crippen LogP contribution is 2.25. The number of nitrogens with one attached hydrogen (secondary N) is 1. The Kier molecular flexibility index (Phi) is 6.19. The monoisotopic (exact) mass is 325 g/mol. The van der Waals surface area contributed by atoms with E-state index in [9.17, 15) is 14.4 Å². The molecule has 4 amide bonds. The minimum absolute atomic E-state index is 0.0237. The predicted octanol–water partition coefficient (Wildman–Crippen LogP) is 2.38. The summed E-state index contributed by atoms with van der Waals surface area (Å²) in [5.41, 5.74) is -0.901. The third-order valence-corrected chi connectivity index (χ3v) is 4.26. The van der Waals surface area contributed by atoms with Gasteiger partial charge < -0.3 is 10.2 Å². The third-order valence-electron chi connectivity index (χ3n) is 4.26. The molecule has 1 saturated heterocycles. The summed E-state index contributed by atoms with van der Waals surface area (Å²) in [6.45, 7) is 13.4. The maximum absolute atomic E-state index is 12.6. The van der Waals surface area contributed by atoms with Gasteiger partial charge in [-0.25, -0.2) is 4.79 Å². The molecule has 0 radical (unpaired) electrons. The molecule has 0 aromatic rings. The Hall–Kier alpha value is -1.59. The molecule has 23 heavy (non-hydrogen) atoms. The standard InChI is InChI=1S/C17H31N3O3/c1-11(2)8-9-17(7)15(22)19(16(23)18-17)10-14(21)20(12(3)4)13(5)6/h11-13H,8-10H2,1-7H3,(H,18,23)/t17-/m0/s1. The van der Waals surface area contributed by atoms with Gasteiger partial charge >= 0.3 is 6.03 Å². The molecule has 0 unspecified atom stereocenters. The Morgan fingerprint density at radius 3 is 2.09 bits per heavy atom. The van der Waals surface area contributed by atoms with Crippen LogP contribution >= 0.6 is 0 Å². The Bertz CT molecular complexity index is 466. The summed E-state index contributed by atoms with van der Waals surface area (Å²) in [6, 6.07) is -0.423. The van der Waals surface area contributed by atoms with Gasteiger partial charge in [-0.3, -0.25) is 14.5 Å². The lowest BCUT2D eigenvalue weighted by Gasteiger charge is -2.32. The van der Waals surface area contributed by atoms with Gasteiger partial charge in [0, 0.05) is 12.1 Å². The number of urea groups is 1. The first kappa shape index (κ1) is 19.5. The van der Waals surface area contributed by atoms with E-state index in [1.807, 2.05) is 27.7 Å². The van der Waals surface area contributed by atoms with E-state index in [1.165, 1.54) is 0 Å². The number of carbonyl (C=O) groups is 3. The Morgan fingerprint density at radius 1 is 1.13 bits per heavy atom. The SMILES string of the molecule is CC(C)CC[C@]1(C)NC(=O)N(CC(=O)N(C(C)C)C(C)C)C1=O. The van der Waals surface area contributed by atoms with Crippen LogP contribution in [-0.2, 0) is 9.59 Å². The van der Waals surface area contributed by atoms with Crippen LogP contribution in [0.3, 0.4) is 0 Å². The zero-order valence-electron chi connectivity index (χ0n) is 15.5. The summed E-state index contributed by atoms with van der Waals surface area (Å²) in [4.78, 5) is 40.0. The van der Waals surface area contributed by atoms with Crippen LogP contribution in [0.15, 0.2) is 0 Å². The molecule has 1 heterocycles. The minimum atomic E-state index is -0.901. The summed E-state index contributed by atoms with van der Waals surface area (Å²) in [5.74, 6) is -0.0554. The molecule has 0 bridgehead atoms. The zero-order chi connectivity index (χ0) is 17.9. The van der Waals surface area contributed by atoms with Crippen molar-refractivity contribution in [2.75, 3.05) is 6.54 Å². The van der Waals surface area contributed by atoms with Crippen LogP contribution in [0, 0.1) is 5.92 Å². The Labute approximate surface area is 139 Å². The van der Waals surface area contributed by atoms with Gasteiger partial charge in [0.2, 0.25) is 5.91 Å². The van der Waals surface area contributed by atoms with E-state index < -0.39 is 11.6 Å². The van der Waals surface area contributed by atoms with Crippen molar-refractivity contribution in [2.45, 2.75) is 78.9 Å². The molecule has 1 rings (SSSR count). The molecule has 6 heteroatoms. The number of rotatable bonds is 7. The smallest absolute Gasteiger partial charge is 0.325 e. The highest BCUT2D eigenvalue weighted by molar-refractivity contribution is 6.08. The summed E-state index contributed by atoms with van der Waals surface area (Å²) in [7, 11) is 0. The average Bonchev–Trinajstić information content (AvgIpc) is 2.60. The molecular formula is C17H31N3O3. The fourth-order valence-electron chi connectivity index (χ4n) is 3.03. The van der Waals surface area contributed by atoms with Crippen molar-refractivity contribution < 1.29 is 14.4 Å². The van der Waals surface area contributed by atoms with Crippen molar-refractivity contribution in [1.82, 2.24) is 15.1 Å². The fraction of sp³-hybridized carbons (Fsp3) is 0.824. The second-order valence-electron chi connectivity index (χ2n) is 7.57. The Morgan fingerprint density at radius 2 is 1.65 bits per heavy atom. The molecule has 1 N–H and O–H groups in total. The quantitative estimate of drug-likeness (QED) is 0.731. The summed E-state index contributed by atoms with van der Waals surface area (Å²) in [5, 5.41) is 2.75. The minimum Gasteiger partial charge on any atom is -0.336 e. The predicted molar refractivity (Wildman–Crippen MR) is 89.8 cm³/mol. The molecular weight excluding hydrogens is 294 g/mol. The van der Waals surface area contributed by atoms with Crippen LogP contribution < -0.4 is 5.32 Å². The highest BCUT2D eigenvalue weighted by Gasteiger charge is 2.48. The number of amides is 4. The largest absolute Gasteiger partial charge is 0.336 e. The molecule has 1 atom stereocenters. The maximum atomic E-state index is 12.6. The van der Waals surface area contributed by atoms with E-state index in [-0.39, 0.29) is 30.4 Å². The van der Waals surface area contributed by atoms with Gasteiger partial charge in [0.1, 0.15) is 12.1 Å². The van der Waals surface area contributed by atoms with Crippen LogP contribution in [0.5, 0.6) is 0 Å². The van der Waals surface area contributed by atoms with Crippen LogP contribution in [0.4, 0.5) is 4.79 Å². The second-order valence-corrected chi connectivity index (χ2v) is 7.57. The van der Waals surface area contributed by atoms with Crippen molar-refractivity contribution in [3.05, 3.63) is 0 Å². The molecule has 0 aromatic heterocycles. The lowest BCUT2D eigenvalue weighted by atomic mass is 9.92. The molecule has 0 spiro atoms. The second kappa shape index (κ2) is 7.32. The van der Waals surface area contributed by atoms with E-state index in [2.05, 4.69) is 19.2 Å². The van der Waals surface area contributed by atoms with Gasteiger partial charge in [0.05, 0.1) is 0 Å². The number of hydrogen-bond acceptors (Lipinski definition) is 3. The van der Waals surface area contributed by atoms with E-state index in [0.717, 1.165) is 11.3 Å². The topological polar surface area (TPSA) is 69.7 Å². The van der Waals surface area contributed by atoms with E-state index in [0.29, 0.717) is 12.3 Å². The first-order chi connectivity index (χ1) is 10.5. The van der Waals surface area contributed by atoms with Crippen molar-refractivity contribution in [3.63, 3.8) is 0 Å². The molecule has 132 valence electrons. The third kappa shape index (κ3) is 4.45. The molecule has 1 aliphatic rings. The van der Waals surface area contributed by atoms with E-state index >= 15 is 0 Å². The average molecular weight is 325 g/mol.